The van der Waals surface area contributed by atoms with E-state index in [-0.39, 0.29) is 24.4 Å². The molecule has 0 amide bonds. The minimum Gasteiger partial charge on any atom is -0.493 e. The van der Waals surface area contributed by atoms with Crippen LogP contribution in [0.15, 0.2) is 156 Å². The van der Waals surface area contributed by atoms with Gasteiger partial charge in [0.25, 0.3) is 0 Å². The minimum atomic E-state index is -0.251. The number of hydrogen-bond donors (Lipinski definition) is 0. The Kier molecular flexibility index (Phi) is 19.3. The summed E-state index contributed by atoms with van der Waals surface area (Å²) < 4.78 is 34.5. The Bertz CT molecular complexity index is 2580. The van der Waals surface area contributed by atoms with E-state index in [0.29, 0.717) is 53.8 Å². The van der Waals surface area contributed by atoms with Gasteiger partial charge in [-0.15, -0.1) is 0 Å². The van der Waals surface area contributed by atoms with E-state index in [1.54, 1.807) is 7.11 Å². The van der Waals surface area contributed by atoms with Crippen LogP contribution in [0.5, 0.6) is 28.7 Å². The lowest BCUT2D eigenvalue weighted by Gasteiger charge is -2.24. The molecule has 6 aromatic carbocycles. The molecular weight excluding hydrogens is 831 g/mol. The maximum absolute atomic E-state index is 15.4. The Morgan fingerprint density at radius 3 is 1.37 bits per heavy atom. The number of rotatable bonds is 29. The SMILES string of the molecule is CCCCCCCCCCCCCCCCn1c(-c2ccc(OCc3ccccc3)c(OC)c2)c(OCc2ccccc2)c(=O)c2c(OCc3ccccc3)cc(OCc3ccccc3)cc21. The van der Waals surface area contributed by atoms with Gasteiger partial charge in [0, 0.05) is 24.2 Å². The Morgan fingerprint density at radius 1 is 0.433 bits per heavy atom. The van der Waals surface area contributed by atoms with Crippen LogP contribution in [0.1, 0.15) is 119 Å². The molecule has 7 aromatic rings. The molecule has 1 heterocycles. The molecule has 1 aromatic heterocycles. The molecule has 0 fully saturated rings. The average molecular weight is 900 g/mol. The highest BCUT2D eigenvalue weighted by Crippen LogP contribution is 2.41. The Labute approximate surface area is 398 Å². The Balaban J connectivity index is 1.26. The highest BCUT2D eigenvalue weighted by atomic mass is 16.5. The van der Waals surface area contributed by atoms with Crippen LogP contribution in [0, 0.1) is 0 Å². The van der Waals surface area contributed by atoms with E-state index in [1.165, 1.54) is 70.6 Å². The molecule has 7 heteroatoms. The second kappa shape index (κ2) is 26.6. The summed E-state index contributed by atoms with van der Waals surface area (Å²) in [4.78, 5) is 15.4. The normalized spacial score (nSPS) is 11.1. The molecule has 0 bridgehead atoms. The van der Waals surface area contributed by atoms with E-state index in [4.69, 9.17) is 23.7 Å². The van der Waals surface area contributed by atoms with Crippen LogP contribution in [0.3, 0.4) is 0 Å². The number of ether oxygens (including phenoxy) is 5. The van der Waals surface area contributed by atoms with E-state index in [1.807, 2.05) is 140 Å². The van der Waals surface area contributed by atoms with Crippen LogP contribution < -0.4 is 29.1 Å². The first-order chi connectivity index (χ1) is 33.1. The van der Waals surface area contributed by atoms with Crippen molar-refractivity contribution in [1.29, 1.82) is 0 Å². The fourth-order valence-electron chi connectivity index (χ4n) is 8.67. The number of aromatic nitrogens is 1. The highest BCUT2D eigenvalue weighted by Gasteiger charge is 2.25. The zero-order chi connectivity index (χ0) is 46.3. The standard InChI is InChI=1S/C60H69NO6/c1-3-4-5-6-7-8-9-10-11-12-13-14-15-28-39-61-53-41-52(64-43-47-29-20-16-21-30-47)42-56(66-45-49-33-24-18-25-34-49)57(53)59(62)60(67-46-50-35-26-19-27-36-50)58(61)51-37-38-54(55(40-51)63-2)65-44-48-31-22-17-23-32-48/h16-27,29-38,40-42H,3-15,28,39,43-46H2,1-2H3. The zero-order valence-corrected chi connectivity index (χ0v) is 39.8. The number of unbranched alkanes of at least 4 members (excludes halogenated alkanes) is 13. The number of pyridine rings is 1. The number of nitrogens with zero attached hydrogens (tertiary/aromatic N) is 1. The lowest BCUT2D eigenvalue weighted by molar-refractivity contribution is 0.284. The van der Waals surface area contributed by atoms with Gasteiger partial charge in [-0.25, -0.2) is 0 Å². The van der Waals surface area contributed by atoms with Gasteiger partial charge in [-0.1, -0.05) is 212 Å². The summed E-state index contributed by atoms with van der Waals surface area (Å²) in [6, 6.07) is 50.0. The molecule has 0 atom stereocenters. The van der Waals surface area contributed by atoms with Gasteiger partial charge in [0.2, 0.25) is 5.43 Å². The smallest absolute Gasteiger partial charge is 0.235 e. The molecule has 0 aliphatic rings. The molecule has 0 N–H and O–H groups in total. The third kappa shape index (κ3) is 14.5. The van der Waals surface area contributed by atoms with Crippen molar-refractivity contribution in [1.82, 2.24) is 4.57 Å². The summed E-state index contributed by atoms with van der Waals surface area (Å²) in [6.45, 7) is 4.16. The number of fused-ring (bicyclic) bond motifs is 1. The molecule has 0 saturated carbocycles. The second-order valence-electron chi connectivity index (χ2n) is 17.5. The fraction of sp³-hybridized carbons (Fsp3) is 0.350. The Morgan fingerprint density at radius 2 is 0.881 bits per heavy atom. The van der Waals surface area contributed by atoms with Gasteiger partial charge in [0.15, 0.2) is 17.2 Å². The van der Waals surface area contributed by atoms with Gasteiger partial charge in [0.05, 0.1) is 23.7 Å². The van der Waals surface area contributed by atoms with Gasteiger partial charge in [0.1, 0.15) is 37.9 Å². The number of methoxy groups -OCH3 is 1. The maximum atomic E-state index is 15.4. The fourth-order valence-corrected chi connectivity index (χ4v) is 8.67. The summed E-state index contributed by atoms with van der Waals surface area (Å²) in [5.74, 6) is 2.48. The lowest BCUT2D eigenvalue weighted by Crippen LogP contribution is -2.18. The van der Waals surface area contributed by atoms with Gasteiger partial charge < -0.3 is 28.3 Å². The Hall–Kier alpha value is -6.47. The van der Waals surface area contributed by atoms with Crippen LogP contribution >= 0.6 is 0 Å². The first-order valence-corrected chi connectivity index (χ1v) is 24.7. The quantitative estimate of drug-likeness (QED) is 0.0436. The first kappa shape index (κ1) is 48.5. The molecule has 0 aliphatic carbocycles. The monoisotopic (exact) mass is 900 g/mol. The van der Waals surface area contributed by atoms with Crippen LogP contribution in [-0.2, 0) is 33.0 Å². The molecule has 0 unspecified atom stereocenters. The van der Waals surface area contributed by atoms with Gasteiger partial charge >= 0.3 is 0 Å². The van der Waals surface area contributed by atoms with Crippen molar-refractivity contribution in [3.8, 4) is 40.0 Å². The second-order valence-corrected chi connectivity index (χ2v) is 17.5. The number of hydrogen-bond acceptors (Lipinski definition) is 6. The predicted octanol–water partition coefficient (Wildman–Crippen LogP) is 15.5. The topological polar surface area (TPSA) is 68.2 Å². The van der Waals surface area contributed by atoms with Crippen molar-refractivity contribution >= 4 is 10.9 Å². The van der Waals surface area contributed by atoms with Crippen molar-refractivity contribution in [3.63, 3.8) is 0 Å². The number of aryl methyl sites for hydroxylation is 1. The summed E-state index contributed by atoms with van der Waals surface area (Å²) in [5.41, 5.74) is 5.96. The molecule has 7 nitrogen and oxygen atoms in total. The molecule has 7 rings (SSSR count). The van der Waals surface area contributed by atoms with Crippen LogP contribution in [0.2, 0.25) is 0 Å². The predicted molar refractivity (Wildman–Crippen MR) is 274 cm³/mol. The van der Waals surface area contributed by atoms with E-state index in [2.05, 4.69) is 23.6 Å². The third-order valence-electron chi connectivity index (χ3n) is 12.4. The third-order valence-corrected chi connectivity index (χ3v) is 12.4. The molecule has 0 radical (unpaired) electrons. The summed E-state index contributed by atoms with van der Waals surface area (Å²) in [6.07, 6.45) is 17.8. The van der Waals surface area contributed by atoms with Crippen LogP contribution in [0.25, 0.3) is 22.2 Å². The minimum absolute atomic E-state index is 0.210. The molecule has 0 spiro atoms. The highest BCUT2D eigenvalue weighted by molar-refractivity contribution is 5.92. The summed E-state index contributed by atoms with van der Waals surface area (Å²) >= 11 is 0. The van der Waals surface area contributed by atoms with Crippen molar-refractivity contribution in [3.05, 3.63) is 184 Å². The molecular formula is C60H69NO6. The largest absolute Gasteiger partial charge is 0.493 e. The van der Waals surface area contributed by atoms with E-state index >= 15 is 4.79 Å². The van der Waals surface area contributed by atoms with E-state index in [9.17, 15) is 0 Å². The molecule has 0 aliphatic heterocycles. The van der Waals surface area contributed by atoms with Crippen molar-refractivity contribution < 1.29 is 23.7 Å². The zero-order valence-electron chi connectivity index (χ0n) is 39.8. The molecule has 0 saturated heterocycles. The van der Waals surface area contributed by atoms with E-state index in [0.717, 1.165) is 52.6 Å². The van der Waals surface area contributed by atoms with Gasteiger partial charge in [-0.3, -0.25) is 4.79 Å². The maximum Gasteiger partial charge on any atom is 0.235 e. The summed E-state index contributed by atoms with van der Waals surface area (Å²) in [7, 11) is 1.65. The summed E-state index contributed by atoms with van der Waals surface area (Å²) in [5, 5.41) is 0.454. The van der Waals surface area contributed by atoms with Crippen molar-refractivity contribution in [2.75, 3.05) is 7.11 Å². The van der Waals surface area contributed by atoms with Gasteiger partial charge in [-0.2, -0.15) is 0 Å². The average Bonchev–Trinajstić information content (AvgIpc) is 3.38. The van der Waals surface area contributed by atoms with E-state index < -0.39 is 0 Å². The lowest BCUT2D eigenvalue weighted by atomic mass is 10.0. The van der Waals surface area contributed by atoms with Crippen LogP contribution in [-0.4, -0.2) is 11.7 Å². The van der Waals surface area contributed by atoms with Crippen molar-refractivity contribution in [2.24, 2.45) is 0 Å². The first-order valence-electron chi connectivity index (χ1n) is 24.7. The van der Waals surface area contributed by atoms with Crippen LogP contribution in [0.4, 0.5) is 0 Å². The molecule has 350 valence electrons. The molecule has 67 heavy (non-hydrogen) atoms. The van der Waals surface area contributed by atoms with Crippen molar-refractivity contribution in [2.45, 2.75) is 130 Å². The number of benzene rings is 6. The van der Waals surface area contributed by atoms with Gasteiger partial charge in [-0.05, 0) is 46.9 Å².